The number of hydrogen-bond donors (Lipinski definition) is 6. The normalized spacial score (nSPS) is 13.3. The van der Waals surface area contributed by atoms with Gasteiger partial charge in [-0.3, -0.25) is 0 Å². The van der Waals surface area contributed by atoms with Crippen molar-refractivity contribution in [3.8, 4) is 0 Å². The second-order valence-corrected chi connectivity index (χ2v) is 29.1. The molecule has 9 aromatic rings. The van der Waals surface area contributed by atoms with E-state index in [4.69, 9.17) is 0 Å². The van der Waals surface area contributed by atoms with E-state index in [1.165, 1.54) is 36.4 Å². The third-order valence-corrected chi connectivity index (χ3v) is 20.2. The first kappa shape index (κ1) is 69.7. The van der Waals surface area contributed by atoms with Crippen LogP contribution in [0.1, 0.15) is 68.3 Å². The second kappa shape index (κ2) is 26.0. The number of nitrogens with zero attached hydrogens (tertiary/aromatic N) is 6. The number of aromatic amines is 6. The fourth-order valence-electron chi connectivity index (χ4n) is 10.6. The van der Waals surface area contributed by atoms with Crippen molar-refractivity contribution >= 4 is 200 Å². The Morgan fingerprint density at radius 3 is 0.449 bits per heavy atom. The standard InChI is InChI=1S/3C20H14N4O6S2.2Cr/c3*25-31(26,27)19-17-9-15-5-3-13(22-15)7-11-1-2-12(21-11)8-14-4-6-16(23-14)10-18(24-17)20(19)32(28,29)30;;/h3*1-10,21,24H,(H,25,26,27)(H,28,29,30);;/q;;;2*+3/p-6. The average molecular weight is 1510 g/mol. The molecule has 38 heteroatoms. The van der Waals surface area contributed by atoms with E-state index < -0.39 is 90.1 Å². The summed E-state index contributed by atoms with van der Waals surface area (Å²) in [4.78, 5) is 36.3. The Balaban J connectivity index is 0.000000147. The van der Waals surface area contributed by atoms with Gasteiger partial charge in [-0.1, -0.05) is 0 Å². The maximum Gasteiger partial charge on any atom is 3.00 e. The van der Waals surface area contributed by atoms with Gasteiger partial charge in [-0.15, -0.1) is 0 Å². The second-order valence-electron chi connectivity index (χ2n) is 21.2. The third-order valence-electron chi connectivity index (χ3n) is 14.3. The number of rotatable bonds is 6. The van der Waals surface area contributed by atoms with Crippen LogP contribution < -0.4 is 0 Å². The Hall–Kier alpha value is -9.68. The van der Waals surface area contributed by atoms with Crippen LogP contribution >= 0.6 is 0 Å². The maximum absolute atomic E-state index is 11.9. The summed E-state index contributed by atoms with van der Waals surface area (Å²) < 4.78 is 215. The van der Waals surface area contributed by atoms with E-state index in [2.05, 4.69) is 59.8 Å². The van der Waals surface area contributed by atoms with Crippen molar-refractivity contribution < 1.29 is 113 Å². The number of aromatic nitrogens is 12. The van der Waals surface area contributed by atoms with Gasteiger partial charge in [0.05, 0.1) is 131 Å². The summed E-state index contributed by atoms with van der Waals surface area (Å²) in [6.07, 6.45) is 19.3. The van der Waals surface area contributed by atoms with Crippen LogP contribution in [0.4, 0.5) is 0 Å². The SMILES string of the molecule is O=S(=O)([O-])c1c(S(=O)(=O)[O-])c2cc3nc(cc4ccc(cc5nc(cc1[nH]2)C=C5)[nH]4)C=C3.O=S(=O)([O-])c1c(S(=O)(=O)[O-])c2cc3nc(cc4ccc(cc5nc(cc1[nH]2)C=C5)[nH]4)C=C3.O=S(=O)([O-])c1c(S(=O)(=O)[O-])c2cc3nc(cc4ccc(cc5nc(cc1[nH]2)C=C5)[nH]4)C=C3.[Cr+3].[Cr+3]. The molecular weight excluding hydrogens is 1470 g/mol. The molecule has 0 unspecified atom stereocenters. The van der Waals surface area contributed by atoms with Crippen LogP contribution in [-0.2, 0) is 95.4 Å². The first-order valence-corrected chi connectivity index (χ1v) is 35.7. The molecular formula is C60H36Cr2N12O18S6. The van der Waals surface area contributed by atoms with Gasteiger partial charge in [0.15, 0.2) is 0 Å². The van der Waals surface area contributed by atoms with E-state index in [1.54, 1.807) is 109 Å². The van der Waals surface area contributed by atoms with Crippen molar-refractivity contribution in [1.29, 1.82) is 0 Å². The van der Waals surface area contributed by atoms with Gasteiger partial charge in [0.25, 0.3) is 0 Å². The van der Waals surface area contributed by atoms with Crippen molar-refractivity contribution in [2.24, 2.45) is 0 Å². The first-order valence-electron chi connectivity index (χ1n) is 27.3. The van der Waals surface area contributed by atoms with Crippen LogP contribution in [-0.4, -0.2) is 138 Å². The predicted molar refractivity (Wildman–Crippen MR) is 344 cm³/mol. The smallest absolute Gasteiger partial charge is 0.744 e. The summed E-state index contributed by atoms with van der Waals surface area (Å²) in [7, 11) is -32.0. The summed E-state index contributed by atoms with van der Waals surface area (Å²) in [5.74, 6) is 0. The minimum Gasteiger partial charge on any atom is -0.744 e. The largest absolute Gasteiger partial charge is 3.00 e. The van der Waals surface area contributed by atoms with Gasteiger partial charge in [0.2, 0.25) is 0 Å². The monoisotopic (exact) mass is 1510 g/mol. The number of nitrogens with one attached hydrogen (secondary N) is 6. The van der Waals surface area contributed by atoms with Gasteiger partial charge < -0.3 is 57.2 Å². The van der Waals surface area contributed by atoms with Gasteiger partial charge in [-0.2, -0.15) is 0 Å². The number of H-pyrrole nitrogens is 6. The van der Waals surface area contributed by atoms with E-state index in [-0.39, 0.29) is 102 Å². The number of fused-ring (bicyclic) bond motifs is 24. The van der Waals surface area contributed by atoms with Gasteiger partial charge in [0, 0.05) is 33.1 Å². The fraction of sp³-hybridized carbons (Fsp3) is 0. The minimum atomic E-state index is -5.34. The van der Waals surface area contributed by atoms with Gasteiger partial charge in [-0.05, 0) is 182 Å². The van der Waals surface area contributed by atoms with Gasteiger partial charge >= 0.3 is 34.7 Å². The molecule has 0 fully saturated rings. The molecule has 30 nitrogen and oxygen atoms in total. The molecule has 492 valence electrons. The summed E-state index contributed by atoms with van der Waals surface area (Å²) in [5.41, 5.74) is 7.11. The van der Waals surface area contributed by atoms with Gasteiger partial charge in [0.1, 0.15) is 60.7 Å². The number of hydrogen-bond acceptors (Lipinski definition) is 24. The van der Waals surface area contributed by atoms with Crippen molar-refractivity contribution in [3.63, 3.8) is 0 Å². The molecule has 15 rings (SSSR count). The zero-order valence-electron chi connectivity index (χ0n) is 48.6. The van der Waals surface area contributed by atoms with Crippen LogP contribution in [0.5, 0.6) is 0 Å². The van der Waals surface area contributed by atoms with E-state index >= 15 is 0 Å². The summed E-state index contributed by atoms with van der Waals surface area (Å²) in [5, 5.41) is 0. The molecule has 2 radical (unpaired) electrons. The van der Waals surface area contributed by atoms with E-state index in [9.17, 15) is 77.8 Å². The molecule has 15 heterocycles. The Morgan fingerprint density at radius 2 is 0.327 bits per heavy atom. The van der Waals surface area contributed by atoms with Crippen LogP contribution in [0.25, 0.3) is 139 Å². The summed E-state index contributed by atoms with van der Waals surface area (Å²) >= 11 is 0. The predicted octanol–water partition coefficient (Wildman–Crippen LogP) is 7.39. The van der Waals surface area contributed by atoms with Crippen LogP contribution in [0.3, 0.4) is 0 Å². The molecule has 98 heavy (non-hydrogen) atoms. The van der Waals surface area contributed by atoms with Crippen molar-refractivity contribution in [2.75, 3.05) is 0 Å². The summed E-state index contributed by atoms with van der Waals surface area (Å²) in [6.45, 7) is 0. The zero-order chi connectivity index (χ0) is 68.0. The molecule has 0 atom stereocenters. The quantitative estimate of drug-likeness (QED) is 0.0883. The Kier molecular flexibility index (Phi) is 18.5. The topological polar surface area (TPSA) is 515 Å². The van der Waals surface area contributed by atoms with E-state index in [0.717, 1.165) is 33.1 Å². The van der Waals surface area contributed by atoms with Crippen LogP contribution in [0.2, 0.25) is 0 Å². The molecule has 0 aromatic carbocycles. The van der Waals surface area contributed by atoms with Gasteiger partial charge in [-0.25, -0.2) is 80.4 Å². The first-order chi connectivity index (χ1) is 45.2. The molecule has 0 amide bonds. The molecule has 6 N–H and O–H groups in total. The van der Waals surface area contributed by atoms with E-state index in [1.807, 2.05) is 36.4 Å². The van der Waals surface area contributed by atoms with Crippen molar-refractivity contribution in [3.05, 3.63) is 178 Å². The molecule has 0 saturated carbocycles. The Bertz CT molecular complexity index is 5440. The maximum atomic E-state index is 11.9. The minimum absolute atomic E-state index is 0. The van der Waals surface area contributed by atoms with Crippen LogP contribution in [0.15, 0.2) is 139 Å². The molecule has 6 aliphatic rings. The molecule has 0 spiro atoms. The molecule has 0 saturated heterocycles. The molecule has 0 aliphatic carbocycles. The Morgan fingerprint density at radius 1 is 0.204 bits per heavy atom. The molecule has 9 aromatic heterocycles. The molecule has 24 bridgehead atoms. The summed E-state index contributed by atoms with van der Waals surface area (Å²) in [6, 6.07) is 28.7. The molecule has 6 aliphatic heterocycles. The average Bonchev–Trinajstić information content (AvgIpc) is 1.61. The van der Waals surface area contributed by atoms with Crippen molar-refractivity contribution in [1.82, 2.24) is 59.8 Å². The zero-order valence-corrected chi connectivity index (χ0v) is 56.1. The van der Waals surface area contributed by atoms with Crippen molar-refractivity contribution in [2.45, 2.75) is 29.4 Å². The fourth-order valence-corrected chi connectivity index (χ4v) is 16.7. The van der Waals surface area contributed by atoms with E-state index in [0.29, 0.717) is 34.2 Å². The van der Waals surface area contributed by atoms with Crippen LogP contribution in [0, 0.1) is 0 Å². The Labute approximate surface area is 574 Å². The third kappa shape index (κ3) is 15.2.